The molecule has 0 saturated carbocycles. The third-order valence-corrected chi connectivity index (χ3v) is 10.9. The number of nitriles is 2. The average Bonchev–Trinajstić information content (AvgIpc) is 3.74. The molecular weight excluding hydrogens is 631 g/mol. The molecule has 0 unspecified atom stereocenters. The van der Waals surface area contributed by atoms with Gasteiger partial charge >= 0.3 is 0 Å². The summed E-state index contributed by atoms with van der Waals surface area (Å²) in [5, 5.41) is 28.6. The number of hydrogen-bond donors (Lipinski definition) is 0. The largest absolute Gasteiger partial charge is 0.277 e. The first-order valence-corrected chi connectivity index (χ1v) is 17.1. The maximum Gasteiger partial charge on any atom is 0.235 e. The first kappa shape index (κ1) is 28.2. The van der Waals surface area contributed by atoms with Crippen LogP contribution in [0.4, 0.5) is 0 Å². The predicted octanol–water partition coefficient (Wildman–Crippen LogP) is 11.3. The quantitative estimate of drug-likeness (QED) is 0.178. The highest BCUT2D eigenvalue weighted by atomic mass is 32.1. The molecule has 0 bridgehead atoms. The van der Waals surface area contributed by atoms with Gasteiger partial charge in [0.15, 0.2) is 0 Å². The van der Waals surface area contributed by atoms with E-state index in [-0.39, 0.29) is 0 Å². The second kappa shape index (κ2) is 10.8. The van der Waals surface area contributed by atoms with Crippen LogP contribution in [0.3, 0.4) is 0 Å². The van der Waals surface area contributed by atoms with Crippen LogP contribution in [0.1, 0.15) is 11.1 Å². The van der Waals surface area contributed by atoms with Crippen molar-refractivity contribution < 1.29 is 0 Å². The Bertz CT molecular complexity index is 3030. The van der Waals surface area contributed by atoms with Gasteiger partial charge in [-0.15, -0.1) is 11.3 Å². The van der Waals surface area contributed by atoms with Crippen LogP contribution in [-0.4, -0.2) is 14.5 Å². The summed E-state index contributed by atoms with van der Waals surface area (Å²) in [7, 11) is 0. The SMILES string of the molecule is N#Cc1ccc(-c2cc(-c3ccc(C#N)cc3)nc(-n3c4ccccc4c4c5ccc6ccccc6c5c5sc6ccccc6c5c43)n2)cc1. The molecule has 3 aromatic heterocycles. The minimum absolute atomic E-state index is 0.550. The molecule has 0 spiro atoms. The van der Waals surface area contributed by atoms with Crippen molar-refractivity contribution in [2.75, 3.05) is 0 Å². The second-order valence-corrected chi connectivity index (χ2v) is 13.5. The van der Waals surface area contributed by atoms with E-state index < -0.39 is 0 Å². The second-order valence-electron chi connectivity index (χ2n) is 12.4. The summed E-state index contributed by atoms with van der Waals surface area (Å²) in [6.07, 6.45) is 0. The highest BCUT2D eigenvalue weighted by Crippen LogP contribution is 2.49. The normalized spacial score (nSPS) is 11.6. The summed E-state index contributed by atoms with van der Waals surface area (Å²) in [6.45, 7) is 0. The van der Waals surface area contributed by atoms with E-state index in [1.165, 1.54) is 47.1 Å². The lowest BCUT2D eigenvalue weighted by Crippen LogP contribution is -2.04. The van der Waals surface area contributed by atoms with E-state index in [1.54, 1.807) is 0 Å². The van der Waals surface area contributed by atoms with Gasteiger partial charge in [0.05, 0.1) is 45.7 Å². The summed E-state index contributed by atoms with van der Waals surface area (Å²) in [4.78, 5) is 10.6. The number of fused-ring (bicyclic) bond motifs is 12. The van der Waals surface area contributed by atoms with Crippen molar-refractivity contribution in [3.05, 3.63) is 151 Å². The number of para-hydroxylation sites is 1. The molecule has 0 amide bonds. The Morgan fingerprint density at radius 1 is 0.520 bits per heavy atom. The van der Waals surface area contributed by atoms with E-state index >= 15 is 0 Å². The maximum absolute atomic E-state index is 9.48. The highest BCUT2D eigenvalue weighted by molar-refractivity contribution is 7.27. The monoisotopic (exact) mass is 653 g/mol. The standard InChI is InChI=1S/C44H23N5S/c45-24-26-13-17-29(18-14-26)35-23-36(30-19-15-27(25-46)16-20-30)48-44(47-35)49-37-11-5-3-9-32(37)39-34-22-21-28-7-1-2-8-31(28)40(34)43-41(42(39)49)33-10-4-6-12-38(33)50-43/h1-23H. The molecule has 0 saturated heterocycles. The van der Waals surface area contributed by atoms with Gasteiger partial charge in [0.1, 0.15) is 0 Å². The van der Waals surface area contributed by atoms with Gasteiger partial charge in [0.25, 0.3) is 0 Å². The first-order valence-electron chi connectivity index (χ1n) is 16.3. The zero-order valence-corrected chi connectivity index (χ0v) is 27.2. The molecule has 0 N–H and O–H groups in total. The molecule has 0 aliphatic carbocycles. The molecule has 6 heteroatoms. The molecular formula is C44H23N5S. The van der Waals surface area contributed by atoms with E-state index in [0.717, 1.165) is 38.9 Å². The molecule has 7 aromatic carbocycles. The summed E-state index contributed by atoms with van der Waals surface area (Å²) >= 11 is 1.83. The molecule has 10 rings (SSSR count). The summed E-state index contributed by atoms with van der Waals surface area (Å²) in [5.74, 6) is 0.550. The van der Waals surface area contributed by atoms with Gasteiger partial charge in [-0.25, -0.2) is 9.97 Å². The van der Waals surface area contributed by atoms with Crippen LogP contribution in [0.2, 0.25) is 0 Å². The molecule has 230 valence electrons. The smallest absolute Gasteiger partial charge is 0.235 e. The topological polar surface area (TPSA) is 78.3 Å². The van der Waals surface area contributed by atoms with Crippen LogP contribution in [0.15, 0.2) is 140 Å². The van der Waals surface area contributed by atoms with Crippen LogP contribution >= 0.6 is 11.3 Å². The van der Waals surface area contributed by atoms with Crippen molar-refractivity contribution in [2.24, 2.45) is 0 Å². The number of nitrogens with zero attached hydrogens (tertiary/aromatic N) is 5. The number of hydrogen-bond acceptors (Lipinski definition) is 5. The van der Waals surface area contributed by atoms with Crippen LogP contribution in [-0.2, 0) is 0 Å². The lowest BCUT2D eigenvalue weighted by Gasteiger charge is -2.13. The Kier molecular flexibility index (Phi) is 6.11. The fourth-order valence-corrected chi connectivity index (χ4v) is 8.68. The Hall–Kier alpha value is -6.86. The van der Waals surface area contributed by atoms with Crippen molar-refractivity contribution >= 4 is 74.9 Å². The number of benzene rings is 7. The van der Waals surface area contributed by atoms with Gasteiger partial charge in [-0.3, -0.25) is 4.57 Å². The first-order chi connectivity index (χ1) is 24.7. The molecule has 5 nitrogen and oxygen atoms in total. The third-order valence-electron chi connectivity index (χ3n) is 9.67. The average molecular weight is 654 g/mol. The van der Waals surface area contributed by atoms with E-state index in [9.17, 15) is 10.5 Å². The predicted molar refractivity (Wildman–Crippen MR) is 205 cm³/mol. The lowest BCUT2D eigenvalue weighted by molar-refractivity contribution is 0.998. The van der Waals surface area contributed by atoms with E-state index in [1.807, 2.05) is 65.9 Å². The Morgan fingerprint density at radius 3 is 1.80 bits per heavy atom. The molecule has 10 aromatic rings. The van der Waals surface area contributed by atoms with E-state index in [4.69, 9.17) is 9.97 Å². The molecule has 0 atom stereocenters. The molecule has 50 heavy (non-hydrogen) atoms. The molecule has 0 aliphatic rings. The van der Waals surface area contributed by atoms with Crippen molar-refractivity contribution in [3.63, 3.8) is 0 Å². The Labute approximate surface area is 290 Å². The van der Waals surface area contributed by atoms with E-state index in [2.05, 4.69) is 102 Å². The fourth-order valence-electron chi connectivity index (χ4n) is 7.40. The van der Waals surface area contributed by atoms with Crippen molar-refractivity contribution in [1.29, 1.82) is 10.5 Å². The van der Waals surface area contributed by atoms with Crippen LogP contribution in [0, 0.1) is 22.7 Å². The Balaban J connectivity index is 1.40. The van der Waals surface area contributed by atoms with Gasteiger partial charge in [0, 0.05) is 47.5 Å². The fraction of sp³-hybridized carbons (Fsp3) is 0. The molecule has 0 fully saturated rings. The molecule has 3 heterocycles. The van der Waals surface area contributed by atoms with Crippen molar-refractivity contribution in [2.45, 2.75) is 0 Å². The minimum Gasteiger partial charge on any atom is -0.277 e. The van der Waals surface area contributed by atoms with E-state index in [0.29, 0.717) is 17.1 Å². The summed E-state index contributed by atoms with van der Waals surface area (Å²) in [6, 6.07) is 51.8. The van der Waals surface area contributed by atoms with Gasteiger partial charge in [-0.2, -0.15) is 10.5 Å². The number of rotatable bonds is 3. The van der Waals surface area contributed by atoms with Crippen LogP contribution in [0.5, 0.6) is 0 Å². The molecule has 0 aliphatic heterocycles. The maximum atomic E-state index is 9.48. The minimum atomic E-state index is 0.550. The summed E-state index contributed by atoms with van der Waals surface area (Å²) in [5.41, 5.74) is 6.50. The lowest BCUT2D eigenvalue weighted by atomic mass is 9.95. The van der Waals surface area contributed by atoms with Gasteiger partial charge in [-0.05, 0) is 58.6 Å². The van der Waals surface area contributed by atoms with Gasteiger partial charge in [-0.1, -0.05) is 97.1 Å². The third kappa shape index (κ3) is 4.10. The van der Waals surface area contributed by atoms with Gasteiger partial charge in [0.2, 0.25) is 5.95 Å². The zero-order valence-electron chi connectivity index (χ0n) is 26.4. The zero-order chi connectivity index (χ0) is 33.3. The highest BCUT2D eigenvalue weighted by Gasteiger charge is 2.24. The van der Waals surface area contributed by atoms with Crippen molar-refractivity contribution in [3.8, 4) is 40.6 Å². The molecule has 0 radical (unpaired) electrons. The van der Waals surface area contributed by atoms with Gasteiger partial charge < -0.3 is 0 Å². The Morgan fingerprint density at radius 2 is 1.12 bits per heavy atom. The van der Waals surface area contributed by atoms with Crippen LogP contribution < -0.4 is 0 Å². The number of thiophene rings is 1. The summed E-state index contributed by atoms with van der Waals surface area (Å²) < 4.78 is 4.71. The van der Waals surface area contributed by atoms with Crippen LogP contribution in [0.25, 0.3) is 92.0 Å². The van der Waals surface area contributed by atoms with Crippen molar-refractivity contribution in [1.82, 2.24) is 14.5 Å². The number of aromatic nitrogens is 3.